The van der Waals surface area contributed by atoms with Crippen LogP contribution in [0.1, 0.15) is 69.9 Å². The Morgan fingerprint density at radius 2 is 1.55 bits per heavy atom. The summed E-state index contributed by atoms with van der Waals surface area (Å²) in [5, 5.41) is 2.63. The Labute approximate surface area is 296 Å². The molecule has 2 aromatic carbocycles. The number of hydrogen-bond donors (Lipinski definition) is 4. The molecule has 0 radical (unpaired) electrons. The molecule has 0 unspecified atom stereocenters. The lowest BCUT2D eigenvalue weighted by atomic mass is 10.1. The van der Waals surface area contributed by atoms with Gasteiger partial charge in [-0.15, -0.1) is 0 Å². The number of carbonyl (C=O) groups is 3. The van der Waals surface area contributed by atoms with Gasteiger partial charge in [-0.2, -0.15) is 22.0 Å². The number of benzene rings is 2. The number of aromatic nitrogens is 1. The Morgan fingerprint density at radius 1 is 0.980 bits per heavy atom. The molecule has 288 valence electrons. The van der Waals surface area contributed by atoms with Crippen molar-refractivity contribution in [3.05, 3.63) is 65.9 Å². The monoisotopic (exact) mass is 751 g/mol. The van der Waals surface area contributed by atoms with Crippen molar-refractivity contribution in [2.75, 3.05) is 51.7 Å². The summed E-state index contributed by atoms with van der Waals surface area (Å²) in [7, 11) is -2.47. The Balaban J connectivity index is 0.000000731. The second kappa shape index (κ2) is 22.9. The first-order chi connectivity index (χ1) is 23.9. The van der Waals surface area contributed by atoms with Crippen LogP contribution < -0.4 is 10.2 Å². The first kappa shape index (κ1) is 47.1. The van der Waals surface area contributed by atoms with Crippen molar-refractivity contribution >= 4 is 42.4 Å². The number of likely N-dealkylation sites (tertiary alicyclic amines) is 1. The number of anilines is 1. The number of H-pyrrole nitrogens is 1. The maximum absolute atomic E-state index is 13.6. The van der Waals surface area contributed by atoms with Crippen molar-refractivity contribution in [3.8, 4) is 0 Å². The van der Waals surface area contributed by atoms with Gasteiger partial charge in [0.25, 0.3) is 5.91 Å². The predicted octanol–water partition coefficient (Wildman–Crippen LogP) is 6.97. The van der Waals surface area contributed by atoms with Gasteiger partial charge in [-0.1, -0.05) is 58.9 Å². The van der Waals surface area contributed by atoms with Gasteiger partial charge in [0.05, 0.1) is 6.54 Å². The quantitative estimate of drug-likeness (QED) is 0.0995. The second-order valence-corrected chi connectivity index (χ2v) is 12.2. The smallest absolute Gasteiger partial charge is 0.354 e. The predicted molar refractivity (Wildman–Crippen MR) is 190 cm³/mol. The Hall–Kier alpha value is -3.85. The maximum atomic E-state index is 13.6. The van der Waals surface area contributed by atoms with E-state index < -0.39 is 37.5 Å². The minimum absolute atomic E-state index is 0.0249. The number of hydrogen-bond acceptors (Lipinski definition) is 5. The minimum atomic E-state index is -5.61. The summed E-state index contributed by atoms with van der Waals surface area (Å²) in [4.78, 5) is 57.9. The van der Waals surface area contributed by atoms with Gasteiger partial charge in [0.1, 0.15) is 5.69 Å². The van der Waals surface area contributed by atoms with Gasteiger partial charge < -0.3 is 29.9 Å². The second-order valence-electron chi connectivity index (χ2n) is 10.5. The zero-order valence-corrected chi connectivity index (χ0v) is 31.0. The van der Waals surface area contributed by atoms with Crippen LogP contribution in [0, 0.1) is 0 Å². The third kappa shape index (κ3) is 15.9. The summed E-state index contributed by atoms with van der Waals surface area (Å²) >= 11 is 0. The molecule has 1 aromatic heterocycles. The van der Waals surface area contributed by atoms with Gasteiger partial charge in [0.2, 0.25) is 12.3 Å². The number of aromatic amines is 1. The number of rotatable bonds is 10. The highest BCUT2D eigenvalue weighted by Gasteiger charge is 2.50. The van der Waals surface area contributed by atoms with E-state index in [4.69, 9.17) is 9.79 Å². The highest BCUT2D eigenvalue weighted by atomic mass is 31.2. The van der Waals surface area contributed by atoms with Gasteiger partial charge in [-0.25, -0.2) is 0 Å². The molecule has 11 nitrogen and oxygen atoms in total. The van der Waals surface area contributed by atoms with Crippen molar-refractivity contribution in [2.24, 2.45) is 0 Å². The molecule has 3 amide bonds. The van der Waals surface area contributed by atoms with E-state index in [0.29, 0.717) is 12.1 Å². The fraction of sp³-hybridized carbons (Fsp3) is 0.500. The molecule has 51 heavy (non-hydrogen) atoms. The van der Waals surface area contributed by atoms with Crippen molar-refractivity contribution < 1.29 is 50.7 Å². The number of nitrogens with one attached hydrogen (secondary N) is 2. The van der Waals surface area contributed by atoms with Gasteiger partial charge in [0.15, 0.2) is 0 Å². The standard InChI is InChI=1S/C11H19F3N2O.C11H11F2N2O4P.C8H9NO.2C2H6/c1-2-15(9-11(12,13)14)8-5-10(17)16-6-3-4-7-16;1-14-10(16)9-5-6-4-7(2-3-8(6)15-9)11(12,13)20(17,18)19;1-9(7-10)8-5-3-2-4-6-8;2*1-2/h2-9H2,1H3;2-5,15H,1H3,(H,14,16)(H2,17,18,19);2-7H,1H3;2*1-2H3. The molecule has 0 bridgehead atoms. The molecule has 17 heteroatoms. The molecular formula is C34H51F5N5O6P. The molecule has 1 aliphatic heterocycles. The number of para-hydroxylation sites is 1. The number of nitrogens with zero attached hydrogens (tertiary/aromatic N) is 3. The number of fused-ring (bicyclic) bond motifs is 1. The largest absolute Gasteiger partial charge is 0.401 e. The van der Waals surface area contributed by atoms with Crippen LogP contribution in [0.15, 0.2) is 54.6 Å². The lowest BCUT2D eigenvalue weighted by Gasteiger charge is -2.23. The minimum Gasteiger partial charge on any atom is -0.354 e. The maximum Gasteiger partial charge on any atom is 0.401 e. The molecular weight excluding hydrogens is 700 g/mol. The van der Waals surface area contributed by atoms with E-state index in [1.807, 2.05) is 58.0 Å². The Morgan fingerprint density at radius 3 is 2.02 bits per heavy atom. The summed E-state index contributed by atoms with van der Waals surface area (Å²) in [6.45, 7) is 10.7. The molecule has 4 rings (SSSR count). The number of amides is 3. The Bertz CT molecular complexity index is 1510. The van der Waals surface area contributed by atoms with Crippen LogP contribution in [0.5, 0.6) is 0 Å². The van der Waals surface area contributed by atoms with E-state index in [9.17, 15) is 40.9 Å². The lowest BCUT2D eigenvalue weighted by molar-refractivity contribution is -0.147. The average molecular weight is 752 g/mol. The van der Waals surface area contributed by atoms with Gasteiger partial charge in [-0.3, -0.25) is 23.8 Å². The first-order valence-corrected chi connectivity index (χ1v) is 18.1. The summed E-state index contributed by atoms with van der Waals surface area (Å²) in [5.74, 6) is -0.451. The van der Waals surface area contributed by atoms with E-state index in [1.54, 1.807) is 18.9 Å². The number of carbonyl (C=O) groups excluding carboxylic acids is 3. The van der Waals surface area contributed by atoms with Gasteiger partial charge >= 0.3 is 19.4 Å². The molecule has 4 N–H and O–H groups in total. The van der Waals surface area contributed by atoms with E-state index in [1.165, 1.54) is 29.0 Å². The molecule has 2 heterocycles. The molecule has 0 aliphatic carbocycles. The summed E-state index contributed by atoms with van der Waals surface area (Å²) < 4.78 is 74.5. The SMILES string of the molecule is CC.CC.CCN(CCC(=O)N1CCCC1)CC(F)(F)F.CN(C=O)c1ccccc1.CNC(=O)c1cc2cc(C(F)(F)P(=O)(O)O)ccc2[nH]1. The normalized spacial score (nSPS) is 12.6. The number of alkyl halides is 5. The van der Waals surface area contributed by atoms with Crippen molar-refractivity contribution in [1.82, 2.24) is 20.1 Å². The molecule has 0 saturated carbocycles. The molecule has 1 aliphatic rings. The van der Waals surface area contributed by atoms with Crippen LogP contribution in [0.25, 0.3) is 10.9 Å². The first-order valence-electron chi connectivity index (χ1n) is 16.5. The zero-order valence-electron chi connectivity index (χ0n) is 30.1. The third-order valence-electron chi connectivity index (χ3n) is 7.08. The van der Waals surface area contributed by atoms with E-state index in [-0.39, 0.29) is 30.0 Å². The van der Waals surface area contributed by atoms with Gasteiger partial charge in [0, 0.05) is 62.3 Å². The molecule has 1 saturated heterocycles. The van der Waals surface area contributed by atoms with E-state index in [2.05, 4.69) is 10.3 Å². The van der Waals surface area contributed by atoms with Crippen LogP contribution in [-0.2, 0) is 19.8 Å². The highest BCUT2D eigenvalue weighted by molar-refractivity contribution is 7.52. The van der Waals surface area contributed by atoms with Crippen LogP contribution in [0.4, 0.5) is 27.6 Å². The zero-order chi connectivity index (χ0) is 39.4. The lowest BCUT2D eigenvalue weighted by Crippen LogP contribution is -2.37. The topological polar surface area (TPSA) is 146 Å². The molecule has 3 aromatic rings. The van der Waals surface area contributed by atoms with Crippen molar-refractivity contribution in [1.29, 1.82) is 0 Å². The van der Waals surface area contributed by atoms with E-state index >= 15 is 0 Å². The van der Waals surface area contributed by atoms with Crippen molar-refractivity contribution in [2.45, 2.75) is 65.7 Å². The van der Waals surface area contributed by atoms with Gasteiger partial charge in [-0.05, 0) is 49.7 Å². The Kier molecular flexibility index (Phi) is 21.1. The molecule has 0 spiro atoms. The average Bonchev–Trinajstić information content (AvgIpc) is 3.82. The fourth-order valence-corrected chi connectivity index (χ4v) is 4.93. The summed E-state index contributed by atoms with van der Waals surface area (Å²) in [5.41, 5.74) is -3.59. The van der Waals surface area contributed by atoms with Crippen molar-refractivity contribution in [3.63, 3.8) is 0 Å². The van der Waals surface area contributed by atoms with Crippen LogP contribution in [-0.4, -0.2) is 95.8 Å². The summed E-state index contributed by atoms with van der Waals surface area (Å²) in [6.07, 6.45) is -1.20. The van der Waals surface area contributed by atoms with Crippen LogP contribution >= 0.6 is 7.60 Å². The summed E-state index contributed by atoms with van der Waals surface area (Å²) in [6, 6.07) is 13.9. The van der Waals surface area contributed by atoms with Crippen LogP contribution in [0.3, 0.4) is 0 Å². The molecule has 0 atom stereocenters. The third-order valence-corrected chi connectivity index (χ3v) is 8.07. The molecule has 1 fully saturated rings. The van der Waals surface area contributed by atoms with E-state index in [0.717, 1.165) is 50.2 Å². The highest BCUT2D eigenvalue weighted by Crippen LogP contribution is 2.59. The fourth-order valence-electron chi connectivity index (χ4n) is 4.45. The number of halogens is 5. The van der Waals surface area contributed by atoms with Crippen LogP contribution in [0.2, 0.25) is 0 Å².